The Bertz CT molecular complexity index is 495. The maximum atomic E-state index is 4.64. The first kappa shape index (κ1) is 15.1. The summed E-state index contributed by atoms with van der Waals surface area (Å²) in [5, 5.41) is 3.48. The molecular weight excluding hydrogens is 244 g/mol. The lowest BCUT2D eigenvalue weighted by molar-refractivity contribution is 0.568. The highest BCUT2D eigenvalue weighted by Crippen LogP contribution is 2.30. The molecule has 1 N–H and O–H groups in total. The van der Waals surface area contributed by atoms with Gasteiger partial charge in [0.2, 0.25) is 0 Å². The summed E-state index contributed by atoms with van der Waals surface area (Å²) in [6.07, 6.45) is 0. The van der Waals surface area contributed by atoms with Gasteiger partial charge in [0.25, 0.3) is 0 Å². The molecule has 1 heterocycles. The predicted molar refractivity (Wildman–Crippen MR) is 87.8 cm³/mol. The van der Waals surface area contributed by atoms with E-state index in [0.29, 0.717) is 6.04 Å². The van der Waals surface area contributed by atoms with E-state index in [4.69, 9.17) is 0 Å². The average Bonchev–Trinajstić information content (AvgIpc) is 2.73. The molecule has 0 spiro atoms. The molecule has 2 heteroatoms. The first-order valence-electron chi connectivity index (χ1n) is 7.55. The third kappa shape index (κ3) is 3.23. The van der Waals surface area contributed by atoms with Crippen molar-refractivity contribution in [2.24, 2.45) is 4.99 Å². The SMILES string of the molecule is CC1CN=C(c2cc(C(C)(C)C)cc(C(C)(C)C)c2)N1. The van der Waals surface area contributed by atoms with Crippen LogP contribution in [0.2, 0.25) is 0 Å². The van der Waals surface area contributed by atoms with Crippen LogP contribution >= 0.6 is 0 Å². The smallest absolute Gasteiger partial charge is 0.128 e. The van der Waals surface area contributed by atoms with E-state index in [0.717, 1.165) is 12.4 Å². The molecule has 20 heavy (non-hydrogen) atoms. The van der Waals surface area contributed by atoms with Crippen LogP contribution in [0.4, 0.5) is 0 Å². The topological polar surface area (TPSA) is 24.4 Å². The van der Waals surface area contributed by atoms with Crippen molar-refractivity contribution in [1.29, 1.82) is 0 Å². The van der Waals surface area contributed by atoms with E-state index in [1.807, 2.05) is 0 Å². The normalized spacial score (nSPS) is 19.8. The van der Waals surface area contributed by atoms with Crippen molar-refractivity contribution in [3.05, 3.63) is 34.9 Å². The molecule has 1 aliphatic rings. The Hall–Kier alpha value is -1.31. The van der Waals surface area contributed by atoms with Gasteiger partial charge in [0, 0.05) is 11.6 Å². The Morgan fingerprint density at radius 2 is 1.45 bits per heavy atom. The second kappa shape index (κ2) is 4.91. The summed E-state index contributed by atoms with van der Waals surface area (Å²) >= 11 is 0. The van der Waals surface area contributed by atoms with Gasteiger partial charge in [0.1, 0.15) is 5.84 Å². The fourth-order valence-electron chi connectivity index (χ4n) is 2.36. The molecule has 1 aromatic rings. The van der Waals surface area contributed by atoms with Crippen LogP contribution in [0.3, 0.4) is 0 Å². The van der Waals surface area contributed by atoms with Gasteiger partial charge in [-0.05, 0) is 41.0 Å². The summed E-state index contributed by atoms with van der Waals surface area (Å²) in [7, 11) is 0. The van der Waals surface area contributed by atoms with Crippen LogP contribution in [0, 0.1) is 0 Å². The third-order valence-corrected chi connectivity index (χ3v) is 3.84. The number of hydrogen-bond donors (Lipinski definition) is 1. The van der Waals surface area contributed by atoms with Gasteiger partial charge in [0.05, 0.1) is 6.54 Å². The Morgan fingerprint density at radius 1 is 0.950 bits per heavy atom. The number of rotatable bonds is 1. The van der Waals surface area contributed by atoms with Crippen molar-refractivity contribution in [3.63, 3.8) is 0 Å². The van der Waals surface area contributed by atoms with E-state index in [2.05, 4.69) is 77.0 Å². The summed E-state index contributed by atoms with van der Waals surface area (Å²) in [5.41, 5.74) is 4.29. The maximum Gasteiger partial charge on any atom is 0.128 e. The number of nitrogens with zero attached hydrogens (tertiary/aromatic N) is 1. The first-order chi connectivity index (χ1) is 9.07. The highest BCUT2D eigenvalue weighted by Gasteiger charge is 2.23. The lowest BCUT2D eigenvalue weighted by Gasteiger charge is -2.26. The van der Waals surface area contributed by atoms with Gasteiger partial charge in [0.15, 0.2) is 0 Å². The summed E-state index contributed by atoms with van der Waals surface area (Å²) in [4.78, 5) is 4.64. The van der Waals surface area contributed by atoms with E-state index in [1.54, 1.807) is 0 Å². The quantitative estimate of drug-likeness (QED) is 0.820. The fourth-order valence-corrected chi connectivity index (χ4v) is 2.36. The number of amidine groups is 1. The van der Waals surface area contributed by atoms with Gasteiger partial charge in [-0.3, -0.25) is 4.99 Å². The summed E-state index contributed by atoms with van der Waals surface area (Å²) in [5.74, 6) is 1.05. The van der Waals surface area contributed by atoms with Crippen molar-refractivity contribution in [1.82, 2.24) is 5.32 Å². The van der Waals surface area contributed by atoms with Crippen molar-refractivity contribution < 1.29 is 0 Å². The zero-order valence-electron chi connectivity index (χ0n) is 14.0. The van der Waals surface area contributed by atoms with Crippen molar-refractivity contribution in [2.45, 2.75) is 65.3 Å². The molecule has 1 aromatic carbocycles. The second-order valence-electron chi connectivity index (χ2n) is 8.03. The lowest BCUT2D eigenvalue weighted by Crippen LogP contribution is -2.28. The maximum absolute atomic E-state index is 4.64. The van der Waals surface area contributed by atoms with E-state index in [1.165, 1.54) is 16.7 Å². The van der Waals surface area contributed by atoms with E-state index < -0.39 is 0 Å². The molecule has 0 aliphatic carbocycles. The Kier molecular flexibility index (Phi) is 3.70. The summed E-state index contributed by atoms with van der Waals surface area (Å²) in [6.45, 7) is 16.7. The van der Waals surface area contributed by atoms with Crippen LogP contribution < -0.4 is 5.32 Å². The molecule has 0 fully saturated rings. The minimum atomic E-state index is 0.154. The number of aliphatic imine (C=N–C) groups is 1. The van der Waals surface area contributed by atoms with Crippen molar-refractivity contribution in [3.8, 4) is 0 Å². The van der Waals surface area contributed by atoms with Crippen molar-refractivity contribution in [2.75, 3.05) is 6.54 Å². The van der Waals surface area contributed by atoms with Crippen LogP contribution in [0.25, 0.3) is 0 Å². The lowest BCUT2D eigenvalue weighted by atomic mass is 9.79. The molecule has 0 radical (unpaired) electrons. The van der Waals surface area contributed by atoms with Crippen LogP contribution in [-0.2, 0) is 10.8 Å². The molecule has 0 amide bonds. The molecule has 1 atom stereocenters. The zero-order chi connectivity index (χ0) is 15.1. The molecule has 110 valence electrons. The van der Waals surface area contributed by atoms with Crippen LogP contribution in [0.15, 0.2) is 23.2 Å². The largest absolute Gasteiger partial charge is 0.366 e. The molecule has 0 saturated heterocycles. The molecule has 0 saturated carbocycles. The highest BCUT2D eigenvalue weighted by atomic mass is 15.1. The molecule has 1 unspecified atom stereocenters. The van der Waals surface area contributed by atoms with Gasteiger partial charge in [-0.25, -0.2) is 0 Å². The van der Waals surface area contributed by atoms with Gasteiger partial charge in [-0.2, -0.15) is 0 Å². The Balaban J connectivity index is 2.52. The monoisotopic (exact) mass is 272 g/mol. The highest BCUT2D eigenvalue weighted by molar-refractivity contribution is 6.00. The van der Waals surface area contributed by atoms with Crippen LogP contribution in [-0.4, -0.2) is 18.4 Å². The summed E-state index contributed by atoms with van der Waals surface area (Å²) in [6, 6.07) is 7.38. The number of hydrogen-bond acceptors (Lipinski definition) is 2. The predicted octanol–water partition coefficient (Wildman–Crippen LogP) is 4.02. The fraction of sp³-hybridized carbons (Fsp3) is 0.611. The minimum Gasteiger partial charge on any atom is -0.366 e. The molecule has 0 aromatic heterocycles. The Labute approximate surface area is 123 Å². The molecule has 2 nitrogen and oxygen atoms in total. The zero-order valence-corrected chi connectivity index (χ0v) is 14.0. The average molecular weight is 272 g/mol. The molecule has 2 rings (SSSR count). The van der Waals surface area contributed by atoms with Gasteiger partial charge in [-0.1, -0.05) is 47.6 Å². The standard InChI is InChI=1S/C18H28N2/c1-12-11-19-16(20-12)13-8-14(17(2,3)4)10-15(9-13)18(5,6)7/h8-10,12H,11H2,1-7H3,(H,19,20). The van der Waals surface area contributed by atoms with E-state index >= 15 is 0 Å². The van der Waals surface area contributed by atoms with Crippen LogP contribution in [0.1, 0.15) is 65.2 Å². The Morgan fingerprint density at radius 3 is 1.80 bits per heavy atom. The van der Waals surface area contributed by atoms with Gasteiger partial charge < -0.3 is 5.32 Å². The van der Waals surface area contributed by atoms with Gasteiger partial charge >= 0.3 is 0 Å². The molecule has 0 bridgehead atoms. The number of benzene rings is 1. The van der Waals surface area contributed by atoms with Gasteiger partial charge in [-0.15, -0.1) is 0 Å². The van der Waals surface area contributed by atoms with Crippen LogP contribution in [0.5, 0.6) is 0 Å². The molecular formula is C18H28N2. The number of nitrogens with one attached hydrogen (secondary N) is 1. The molecule has 1 aliphatic heterocycles. The second-order valence-corrected chi connectivity index (χ2v) is 8.03. The summed E-state index contributed by atoms with van der Waals surface area (Å²) < 4.78 is 0. The minimum absolute atomic E-state index is 0.154. The van der Waals surface area contributed by atoms with Crippen molar-refractivity contribution >= 4 is 5.84 Å². The third-order valence-electron chi connectivity index (χ3n) is 3.84. The van der Waals surface area contributed by atoms with E-state index in [9.17, 15) is 0 Å². The first-order valence-corrected chi connectivity index (χ1v) is 7.55. The van der Waals surface area contributed by atoms with E-state index in [-0.39, 0.29) is 10.8 Å².